The lowest BCUT2D eigenvalue weighted by atomic mass is 10.1. The number of Topliss-reactive ketones (excluding diaryl/α,β-unsaturated/α-hetero) is 1. The topological polar surface area (TPSA) is 72.5 Å². The van der Waals surface area contributed by atoms with Gasteiger partial charge in [0.2, 0.25) is 5.91 Å². The first-order valence-electron chi connectivity index (χ1n) is 6.82. The van der Waals surface area contributed by atoms with E-state index in [0.717, 1.165) is 12.1 Å². The van der Waals surface area contributed by atoms with Crippen molar-refractivity contribution in [2.75, 3.05) is 13.2 Å². The van der Waals surface area contributed by atoms with E-state index in [1.807, 2.05) is 0 Å². The van der Waals surface area contributed by atoms with Crippen molar-refractivity contribution < 1.29 is 32.3 Å². The van der Waals surface area contributed by atoms with Gasteiger partial charge in [-0.25, -0.2) is 0 Å². The molecule has 0 saturated heterocycles. The molecule has 0 aliphatic rings. The molecule has 1 aromatic carbocycles. The van der Waals surface area contributed by atoms with Crippen LogP contribution in [-0.2, 0) is 31.7 Å². The Morgan fingerprint density at radius 2 is 1.91 bits per heavy atom. The lowest BCUT2D eigenvalue weighted by molar-refractivity contribution is -0.146. The van der Waals surface area contributed by atoms with Gasteiger partial charge in [-0.2, -0.15) is 13.2 Å². The van der Waals surface area contributed by atoms with Gasteiger partial charge in [-0.1, -0.05) is 18.2 Å². The standard InChI is InChI=1S/C15H16F3NO4/c1-2-23-14(22)8-13(21)19-9-12(20)7-10-4-3-5-11(6-10)15(16,17)18/h3-6H,2,7-9H2,1H3,(H,19,21). The molecule has 0 heterocycles. The Morgan fingerprint density at radius 3 is 2.52 bits per heavy atom. The second kappa shape index (κ2) is 8.30. The Morgan fingerprint density at radius 1 is 1.22 bits per heavy atom. The summed E-state index contributed by atoms with van der Waals surface area (Å²) in [7, 11) is 0. The van der Waals surface area contributed by atoms with Gasteiger partial charge in [0.25, 0.3) is 0 Å². The molecular weight excluding hydrogens is 315 g/mol. The van der Waals surface area contributed by atoms with E-state index in [1.165, 1.54) is 12.1 Å². The van der Waals surface area contributed by atoms with Crippen LogP contribution in [0, 0.1) is 0 Å². The number of carbonyl (C=O) groups is 3. The molecule has 5 nitrogen and oxygen atoms in total. The SMILES string of the molecule is CCOC(=O)CC(=O)NCC(=O)Cc1cccc(C(F)(F)F)c1. The second-order valence-electron chi connectivity index (χ2n) is 4.67. The minimum Gasteiger partial charge on any atom is -0.466 e. The minimum absolute atomic E-state index is 0.139. The highest BCUT2D eigenvalue weighted by atomic mass is 19.4. The third-order valence-electron chi connectivity index (χ3n) is 2.75. The van der Waals surface area contributed by atoms with Gasteiger partial charge < -0.3 is 10.1 Å². The number of esters is 1. The number of hydrogen-bond donors (Lipinski definition) is 1. The van der Waals surface area contributed by atoms with Crippen LogP contribution in [0.25, 0.3) is 0 Å². The van der Waals surface area contributed by atoms with Gasteiger partial charge in [0.1, 0.15) is 6.42 Å². The number of alkyl halides is 3. The quantitative estimate of drug-likeness (QED) is 0.612. The molecule has 23 heavy (non-hydrogen) atoms. The van der Waals surface area contributed by atoms with Crippen LogP contribution >= 0.6 is 0 Å². The van der Waals surface area contributed by atoms with Crippen LogP contribution in [0.3, 0.4) is 0 Å². The minimum atomic E-state index is -4.48. The molecule has 0 aliphatic carbocycles. The fraction of sp³-hybridized carbons (Fsp3) is 0.400. The molecule has 0 atom stereocenters. The van der Waals surface area contributed by atoms with Crippen LogP contribution in [-0.4, -0.2) is 30.8 Å². The monoisotopic (exact) mass is 331 g/mol. The number of amides is 1. The maximum absolute atomic E-state index is 12.6. The van der Waals surface area contributed by atoms with Gasteiger partial charge in [-0.05, 0) is 18.6 Å². The summed E-state index contributed by atoms with van der Waals surface area (Å²) in [6.07, 6.45) is -5.23. The average molecular weight is 331 g/mol. The van der Waals surface area contributed by atoms with Crippen LogP contribution in [0.4, 0.5) is 13.2 Å². The number of halogens is 3. The van der Waals surface area contributed by atoms with E-state index in [1.54, 1.807) is 6.92 Å². The van der Waals surface area contributed by atoms with Crippen molar-refractivity contribution in [3.8, 4) is 0 Å². The molecule has 0 aliphatic heterocycles. The Bertz CT molecular complexity index is 584. The van der Waals surface area contributed by atoms with Crippen molar-refractivity contribution in [1.82, 2.24) is 5.32 Å². The smallest absolute Gasteiger partial charge is 0.416 e. The first kappa shape index (κ1) is 18.7. The summed E-state index contributed by atoms with van der Waals surface area (Å²) < 4.78 is 42.2. The first-order chi connectivity index (χ1) is 10.7. The van der Waals surface area contributed by atoms with E-state index in [4.69, 9.17) is 0 Å². The lowest BCUT2D eigenvalue weighted by Gasteiger charge is -2.09. The molecule has 0 saturated carbocycles. The van der Waals surface area contributed by atoms with E-state index in [9.17, 15) is 27.6 Å². The third-order valence-corrected chi connectivity index (χ3v) is 2.75. The maximum Gasteiger partial charge on any atom is 0.416 e. The van der Waals surface area contributed by atoms with Crippen molar-refractivity contribution in [3.63, 3.8) is 0 Å². The molecule has 8 heteroatoms. The summed E-state index contributed by atoms with van der Waals surface area (Å²) in [6, 6.07) is 4.41. The maximum atomic E-state index is 12.6. The molecule has 1 N–H and O–H groups in total. The van der Waals surface area contributed by atoms with E-state index < -0.39 is 35.8 Å². The molecule has 0 aromatic heterocycles. The summed E-state index contributed by atoms with van der Waals surface area (Å²) in [5, 5.41) is 2.23. The molecule has 1 amide bonds. The number of carbonyl (C=O) groups excluding carboxylic acids is 3. The third kappa shape index (κ3) is 6.94. The van der Waals surface area contributed by atoms with Gasteiger partial charge in [-0.3, -0.25) is 14.4 Å². The van der Waals surface area contributed by atoms with E-state index in [2.05, 4.69) is 10.1 Å². The Kier molecular flexibility index (Phi) is 6.74. The molecule has 0 fully saturated rings. The van der Waals surface area contributed by atoms with Crippen molar-refractivity contribution in [1.29, 1.82) is 0 Å². The number of benzene rings is 1. The summed E-state index contributed by atoms with van der Waals surface area (Å²) in [5.74, 6) is -1.86. The van der Waals surface area contributed by atoms with E-state index in [0.29, 0.717) is 0 Å². The largest absolute Gasteiger partial charge is 0.466 e. The Hall–Kier alpha value is -2.38. The predicted molar refractivity (Wildman–Crippen MR) is 74.4 cm³/mol. The molecule has 0 spiro atoms. The highest BCUT2D eigenvalue weighted by molar-refractivity contribution is 5.96. The first-order valence-corrected chi connectivity index (χ1v) is 6.82. The van der Waals surface area contributed by atoms with Gasteiger partial charge >= 0.3 is 12.1 Å². The van der Waals surface area contributed by atoms with E-state index in [-0.39, 0.29) is 25.1 Å². The van der Waals surface area contributed by atoms with Gasteiger partial charge in [0.15, 0.2) is 5.78 Å². The van der Waals surface area contributed by atoms with Crippen molar-refractivity contribution in [2.24, 2.45) is 0 Å². The number of ketones is 1. The Labute approximate surface area is 130 Å². The summed E-state index contributed by atoms with van der Waals surface area (Å²) in [5.41, 5.74) is -0.640. The number of hydrogen-bond acceptors (Lipinski definition) is 4. The van der Waals surface area contributed by atoms with Crippen molar-refractivity contribution >= 4 is 17.7 Å². The van der Waals surface area contributed by atoms with Crippen LogP contribution in [0.5, 0.6) is 0 Å². The fourth-order valence-electron chi connectivity index (χ4n) is 1.75. The molecule has 0 unspecified atom stereocenters. The molecule has 0 radical (unpaired) electrons. The molecule has 0 bridgehead atoms. The number of nitrogens with one attached hydrogen (secondary N) is 1. The summed E-state index contributed by atoms with van der Waals surface area (Å²) >= 11 is 0. The fourth-order valence-corrected chi connectivity index (χ4v) is 1.75. The van der Waals surface area contributed by atoms with Gasteiger partial charge in [0, 0.05) is 6.42 Å². The normalized spacial score (nSPS) is 11.0. The zero-order chi connectivity index (χ0) is 17.5. The van der Waals surface area contributed by atoms with Crippen LogP contribution < -0.4 is 5.32 Å². The summed E-state index contributed by atoms with van der Waals surface area (Å²) in [4.78, 5) is 34.1. The number of rotatable bonds is 7. The zero-order valence-corrected chi connectivity index (χ0v) is 12.4. The van der Waals surface area contributed by atoms with Gasteiger partial charge in [0.05, 0.1) is 18.7 Å². The van der Waals surface area contributed by atoms with Crippen LogP contribution in [0.2, 0.25) is 0 Å². The molecule has 1 rings (SSSR count). The highest BCUT2D eigenvalue weighted by Gasteiger charge is 2.30. The van der Waals surface area contributed by atoms with Crippen molar-refractivity contribution in [3.05, 3.63) is 35.4 Å². The van der Waals surface area contributed by atoms with Gasteiger partial charge in [-0.15, -0.1) is 0 Å². The molecule has 126 valence electrons. The van der Waals surface area contributed by atoms with E-state index >= 15 is 0 Å². The summed E-state index contributed by atoms with van der Waals surface area (Å²) in [6.45, 7) is 1.36. The van der Waals surface area contributed by atoms with Crippen molar-refractivity contribution in [2.45, 2.75) is 25.9 Å². The van der Waals surface area contributed by atoms with Crippen LogP contribution in [0.15, 0.2) is 24.3 Å². The average Bonchev–Trinajstić information content (AvgIpc) is 2.45. The second-order valence-corrected chi connectivity index (χ2v) is 4.67. The lowest BCUT2D eigenvalue weighted by Crippen LogP contribution is -2.32. The predicted octanol–water partition coefficient (Wildman–Crippen LogP) is 1.89. The molecule has 1 aromatic rings. The number of ether oxygens (including phenoxy) is 1. The zero-order valence-electron chi connectivity index (χ0n) is 12.4. The van der Waals surface area contributed by atoms with Crippen LogP contribution in [0.1, 0.15) is 24.5 Å². The Balaban J connectivity index is 2.48. The molecular formula is C15H16F3NO4. The highest BCUT2D eigenvalue weighted by Crippen LogP contribution is 2.29.